The van der Waals surface area contributed by atoms with Crippen LogP contribution in [0.4, 0.5) is 5.82 Å². The zero-order valence-electron chi connectivity index (χ0n) is 10.6. The number of aromatic nitrogens is 2. The van der Waals surface area contributed by atoms with E-state index in [-0.39, 0.29) is 6.10 Å². The molecule has 1 N–H and O–H groups in total. The number of anilines is 1. The molecule has 0 spiro atoms. The number of hydrogen-bond acceptors (Lipinski definition) is 4. The second-order valence-electron chi connectivity index (χ2n) is 4.10. The molecule has 4 nitrogen and oxygen atoms in total. The van der Waals surface area contributed by atoms with E-state index in [1.165, 1.54) is 0 Å². The summed E-state index contributed by atoms with van der Waals surface area (Å²) in [5.74, 6) is 1.63. The van der Waals surface area contributed by atoms with E-state index in [0.717, 1.165) is 30.3 Å². The predicted molar refractivity (Wildman–Crippen MR) is 65.5 cm³/mol. The fraction of sp³-hybridized carbons (Fsp3) is 0.667. The van der Waals surface area contributed by atoms with Crippen molar-refractivity contribution < 1.29 is 4.74 Å². The number of ether oxygens (including phenoxy) is 1. The van der Waals surface area contributed by atoms with Gasteiger partial charge in [0.05, 0.1) is 6.10 Å². The Kier molecular flexibility index (Phi) is 5.19. The van der Waals surface area contributed by atoms with Crippen molar-refractivity contribution in [3.8, 4) is 0 Å². The summed E-state index contributed by atoms with van der Waals surface area (Å²) in [5, 5.41) is 3.26. The second-order valence-corrected chi connectivity index (χ2v) is 4.10. The summed E-state index contributed by atoms with van der Waals surface area (Å²) < 4.78 is 5.49. The number of nitrogens with one attached hydrogen (secondary N) is 1. The molecule has 0 aromatic carbocycles. The van der Waals surface area contributed by atoms with Gasteiger partial charge in [0.2, 0.25) is 0 Å². The van der Waals surface area contributed by atoms with E-state index in [0.29, 0.717) is 6.61 Å². The topological polar surface area (TPSA) is 47.0 Å². The van der Waals surface area contributed by atoms with Gasteiger partial charge in [-0.25, -0.2) is 9.97 Å². The van der Waals surface area contributed by atoms with E-state index in [9.17, 15) is 0 Å². The minimum absolute atomic E-state index is 0.205. The van der Waals surface area contributed by atoms with Crippen molar-refractivity contribution >= 4 is 5.82 Å². The number of nitrogens with zero attached hydrogens (tertiary/aromatic N) is 2. The van der Waals surface area contributed by atoms with Crippen LogP contribution < -0.4 is 5.32 Å². The fourth-order valence-electron chi connectivity index (χ4n) is 1.28. The first kappa shape index (κ1) is 12.9. The first-order chi connectivity index (χ1) is 7.61. The lowest BCUT2D eigenvalue weighted by molar-refractivity contribution is 0.0612. The first-order valence-corrected chi connectivity index (χ1v) is 5.82. The summed E-state index contributed by atoms with van der Waals surface area (Å²) in [4.78, 5) is 8.73. The van der Waals surface area contributed by atoms with Gasteiger partial charge in [0.1, 0.15) is 12.4 Å². The minimum atomic E-state index is 0.205. The van der Waals surface area contributed by atoms with Gasteiger partial charge in [0.25, 0.3) is 0 Å². The molecule has 1 rings (SSSR count). The van der Waals surface area contributed by atoms with Crippen molar-refractivity contribution in [1.29, 1.82) is 0 Å². The van der Waals surface area contributed by atoms with E-state index in [1.807, 2.05) is 26.8 Å². The van der Waals surface area contributed by atoms with Crippen molar-refractivity contribution in [3.05, 3.63) is 17.6 Å². The highest BCUT2D eigenvalue weighted by molar-refractivity contribution is 5.35. The molecule has 1 heterocycles. The first-order valence-electron chi connectivity index (χ1n) is 5.82. The summed E-state index contributed by atoms with van der Waals surface area (Å²) in [5.41, 5.74) is 0.968. The normalized spacial score (nSPS) is 10.8. The van der Waals surface area contributed by atoms with E-state index in [4.69, 9.17) is 4.74 Å². The van der Waals surface area contributed by atoms with Gasteiger partial charge in [-0.1, -0.05) is 6.92 Å². The molecular weight excluding hydrogens is 202 g/mol. The van der Waals surface area contributed by atoms with Gasteiger partial charge < -0.3 is 10.1 Å². The molecule has 1 aromatic heterocycles. The van der Waals surface area contributed by atoms with Gasteiger partial charge in [-0.3, -0.25) is 0 Å². The minimum Gasteiger partial charge on any atom is -0.371 e. The van der Waals surface area contributed by atoms with Crippen LogP contribution in [-0.2, 0) is 11.3 Å². The summed E-state index contributed by atoms with van der Waals surface area (Å²) in [7, 11) is 0. The average molecular weight is 223 g/mol. The van der Waals surface area contributed by atoms with Gasteiger partial charge in [0.15, 0.2) is 5.82 Å². The fourth-order valence-corrected chi connectivity index (χ4v) is 1.28. The quantitative estimate of drug-likeness (QED) is 0.805. The number of rotatable bonds is 6. The second kappa shape index (κ2) is 6.43. The van der Waals surface area contributed by atoms with Gasteiger partial charge in [0, 0.05) is 18.3 Å². The van der Waals surface area contributed by atoms with Crippen LogP contribution in [0.1, 0.15) is 38.7 Å². The van der Waals surface area contributed by atoms with Crippen LogP contribution in [0.2, 0.25) is 0 Å². The zero-order valence-corrected chi connectivity index (χ0v) is 10.6. The molecule has 4 heteroatoms. The molecule has 1 aromatic rings. The molecule has 0 fully saturated rings. The standard InChI is InChI=1S/C12H21N3O/c1-5-6-13-11-7-10(4)14-12(15-11)8-16-9(2)3/h7,9H,5-6,8H2,1-4H3,(H,13,14,15). The Labute approximate surface area is 97.5 Å². The van der Waals surface area contributed by atoms with Crippen molar-refractivity contribution in [1.82, 2.24) is 9.97 Å². The van der Waals surface area contributed by atoms with Crippen molar-refractivity contribution in [2.75, 3.05) is 11.9 Å². The lowest BCUT2D eigenvalue weighted by Gasteiger charge is -2.09. The smallest absolute Gasteiger partial charge is 0.156 e. The van der Waals surface area contributed by atoms with Crippen LogP contribution in [0.5, 0.6) is 0 Å². The molecule has 0 aliphatic heterocycles. The maximum Gasteiger partial charge on any atom is 0.156 e. The monoisotopic (exact) mass is 223 g/mol. The summed E-state index contributed by atoms with van der Waals surface area (Å²) in [6.45, 7) is 9.51. The maximum atomic E-state index is 5.49. The average Bonchev–Trinajstić information content (AvgIpc) is 2.23. The zero-order chi connectivity index (χ0) is 12.0. The van der Waals surface area contributed by atoms with Crippen molar-refractivity contribution in [3.63, 3.8) is 0 Å². The van der Waals surface area contributed by atoms with Gasteiger partial charge >= 0.3 is 0 Å². The van der Waals surface area contributed by atoms with Crippen LogP contribution in [0.25, 0.3) is 0 Å². The van der Waals surface area contributed by atoms with Crippen LogP contribution in [0.3, 0.4) is 0 Å². The van der Waals surface area contributed by atoms with E-state index >= 15 is 0 Å². The molecular formula is C12H21N3O. The molecule has 0 unspecified atom stereocenters. The third-order valence-corrected chi connectivity index (χ3v) is 2.00. The van der Waals surface area contributed by atoms with Gasteiger partial charge in [-0.05, 0) is 27.2 Å². The largest absolute Gasteiger partial charge is 0.371 e. The third kappa shape index (κ3) is 4.57. The van der Waals surface area contributed by atoms with Crippen LogP contribution in [-0.4, -0.2) is 22.6 Å². The third-order valence-electron chi connectivity index (χ3n) is 2.00. The summed E-state index contributed by atoms with van der Waals surface area (Å²) in [6, 6.07) is 1.95. The highest BCUT2D eigenvalue weighted by Crippen LogP contribution is 2.07. The van der Waals surface area contributed by atoms with Gasteiger partial charge in [-0.15, -0.1) is 0 Å². The Morgan fingerprint density at radius 1 is 1.38 bits per heavy atom. The Morgan fingerprint density at radius 2 is 2.12 bits per heavy atom. The molecule has 0 saturated heterocycles. The number of hydrogen-bond donors (Lipinski definition) is 1. The summed E-state index contributed by atoms with van der Waals surface area (Å²) >= 11 is 0. The van der Waals surface area contributed by atoms with E-state index in [1.54, 1.807) is 0 Å². The predicted octanol–water partition coefficient (Wildman–Crippen LogP) is 2.53. The van der Waals surface area contributed by atoms with Crippen molar-refractivity contribution in [2.45, 2.75) is 46.8 Å². The summed E-state index contributed by atoms with van der Waals surface area (Å²) in [6.07, 6.45) is 1.29. The maximum absolute atomic E-state index is 5.49. The number of aryl methyl sites for hydroxylation is 1. The molecule has 90 valence electrons. The van der Waals surface area contributed by atoms with Gasteiger partial charge in [-0.2, -0.15) is 0 Å². The Bertz CT molecular complexity index is 326. The molecule has 0 amide bonds. The molecule has 16 heavy (non-hydrogen) atoms. The molecule has 0 saturated carbocycles. The van der Waals surface area contributed by atoms with E-state index < -0.39 is 0 Å². The molecule has 0 bridgehead atoms. The van der Waals surface area contributed by atoms with E-state index in [2.05, 4.69) is 22.2 Å². The SMILES string of the molecule is CCCNc1cc(C)nc(COC(C)C)n1. The Balaban J connectivity index is 2.65. The molecule has 0 atom stereocenters. The lowest BCUT2D eigenvalue weighted by Crippen LogP contribution is -2.09. The highest BCUT2D eigenvalue weighted by atomic mass is 16.5. The molecule has 0 aliphatic carbocycles. The van der Waals surface area contributed by atoms with Crippen LogP contribution in [0.15, 0.2) is 6.07 Å². The molecule has 0 radical (unpaired) electrons. The van der Waals surface area contributed by atoms with Crippen LogP contribution >= 0.6 is 0 Å². The molecule has 0 aliphatic rings. The lowest BCUT2D eigenvalue weighted by atomic mass is 10.4. The highest BCUT2D eigenvalue weighted by Gasteiger charge is 2.03. The van der Waals surface area contributed by atoms with Crippen molar-refractivity contribution in [2.24, 2.45) is 0 Å². The Hall–Kier alpha value is -1.16. The Morgan fingerprint density at radius 3 is 2.75 bits per heavy atom. The van der Waals surface area contributed by atoms with Crippen LogP contribution in [0, 0.1) is 6.92 Å².